The number of anilines is 2. The van der Waals surface area contributed by atoms with Gasteiger partial charge in [-0.15, -0.1) is 0 Å². The van der Waals surface area contributed by atoms with Crippen LogP contribution in [0.15, 0.2) is 43.0 Å². The molecule has 4 aromatic rings. The van der Waals surface area contributed by atoms with Gasteiger partial charge in [0.05, 0.1) is 22.6 Å². The Labute approximate surface area is 202 Å². The van der Waals surface area contributed by atoms with Gasteiger partial charge >= 0.3 is 0 Å². The lowest BCUT2D eigenvalue weighted by Crippen LogP contribution is -2.50. The van der Waals surface area contributed by atoms with Crippen LogP contribution in [0.3, 0.4) is 0 Å². The number of halogens is 1. The van der Waals surface area contributed by atoms with Gasteiger partial charge in [-0.1, -0.05) is 11.6 Å². The highest BCUT2D eigenvalue weighted by molar-refractivity contribution is 6.35. The number of hydrogen-bond donors (Lipinski definition) is 2. The topological polar surface area (TPSA) is 95.0 Å². The van der Waals surface area contributed by atoms with Crippen LogP contribution in [0.5, 0.6) is 0 Å². The van der Waals surface area contributed by atoms with E-state index in [0.29, 0.717) is 22.7 Å². The minimum Gasteiger partial charge on any atom is -0.349 e. The molecule has 0 atom stereocenters. The zero-order valence-electron chi connectivity index (χ0n) is 19.4. The number of imidazole rings is 1. The molecule has 1 saturated heterocycles. The Morgan fingerprint density at radius 3 is 2.62 bits per heavy atom. The second-order valence-corrected chi connectivity index (χ2v) is 9.25. The molecule has 3 aromatic heterocycles. The Morgan fingerprint density at radius 1 is 1.12 bits per heavy atom. The van der Waals surface area contributed by atoms with E-state index in [1.54, 1.807) is 18.6 Å². The van der Waals surface area contributed by atoms with Crippen LogP contribution in [0.25, 0.3) is 22.3 Å². The maximum Gasteiger partial charge on any atom is 0.270 e. The van der Waals surface area contributed by atoms with E-state index in [2.05, 4.69) is 44.0 Å². The number of rotatable bonds is 5. The summed E-state index contributed by atoms with van der Waals surface area (Å²) in [4.78, 5) is 33.8. The number of carbonyl (C=O) groups excluding carboxylic acids is 1. The Hall–Kier alpha value is -3.43. The van der Waals surface area contributed by atoms with Crippen molar-refractivity contribution in [3.8, 4) is 11.4 Å². The van der Waals surface area contributed by atoms with Gasteiger partial charge in [0.1, 0.15) is 11.4 Å². The first-order chi connectivity index (χ1) is 16.4. The SMILES string of the molecule is CC(C)N1CCN(C(=O)c2cc3cc(Nc4nccc(-c5cn(C)cn5)n4)cc(Cl)c3[nH]2)CC1. The molecule has 5 rings (SSSR count). The van der Waals surface area contributed by atoms with Crippen LogP contribution in [0.4, 0.5) is 11.6 Å². The number of carbonyl (C=O) groups is 1. The van der Waals surface area contributed by atoms with Gasteiger partial charge in [-0.3, -0.25) is 9.69 Å². The van der Waals surface area contributed by atoms with E-state index >= 15 is 0 Å². The van der Waals surface area contributed by atoms with E-state index in [9.17, 15) is 4.79 Å². The molecule has 1 fully saturated rings. The highest BCUT2D eigenvalue weighted by Gasteiger charge is 2.24. The van der Waals surface area contributed by atoms with E-state index in [1.807, 2.05) is 40.9 Å². The van der Waals surface area contributed by atoms with Gasteiger partial charge in [0.2, 0.25) is 5.95 Å². The first kappa shape index (κ1) is 22.4. The number of aromatic amines is 1. The first-order valence-corrected chi connectivity index (χ1v) is 11.7. The molecule has 1 aromatic carbocycles. The molecule has 9 nitrogen and oxygen atoms in total. The molecule has 10 heteroatoms. The molecule has 0 unspecified atom stereocenters. The summed E-state index contributed by atoms with van der Waals surface area (Å²) in [6.07, 6.45) is 5.31. The summed E-state index contributed by atoms with van der Waals surface area (Å²) < 4.78 is 1.87. The molecule has 176 valence electrons. The number of nitrogens with one attached hydrogen (secondary N) is 2. The predicted molar refractivity (Wildman–Crippen MR) is 133 cm³/mol. The second kappa shape index (κ2) is 9.08. The van der Waals surface area contributed by atoms with Crippen molar-refractivity contribution < 1.29 is 4.79 Å². The summed E-state index contributed by atoms with van der Waals surface area (Å²) in [7, 11) is 1.91. The van der Waals surface area contributed by atoms with E-state index in [0.717, 1.165) is 54.2 Å². The lowest BCUT2D eigenvalue weighted by Gasteiger charge is -2.36. The molecular weight excluding hydrogens is 452 g/mol. The number of aromatic nitrogens is 5. The van der Waals surface area contributed by atoms with Crippen molar-refractivity contribution in [3.63, 3.8) is 0 Å². The maximum absolute atomic E-state index is 13.1. The van der Waals surface area contributed by atoms with Crippen LogP contribution in [0.1, 0.15) is 24.3 Å². The summed E-state index contributed by atoms with van der Waals surface area (Å²) in [6.45, 7) is 7.57. The molecular formula is C24H27ClN8O. The van der Waals surface area contributed by atoms with Crippen LogP contribution in [0.2, 0.25) is 5.02 Å². The van der Waals surface area contributed by atoms with Crippen molar-refractivity contribution >= 4 is 40.0 Å². The first-order valence-electron chi connectivity index (χ1n) is 11.3. The molecule has 1 aliphatic rings. The Balaban J connectivity index is 1.35. The van der Waals surface area contributed by atoms with Crippen molar-refractivity contribution in [2.24, 2.45) is 7.05 Å². The van der Waals surface area contributed by atoms with E-state index in [4.69, 9.17) is 11.6 Å². The van der Waals surface area contributed by atoms with Gasteiger partial charge < -0.3 is 19.8 Å². The van der Waals surface area contributed by atoms with Crippen molar-refractivity contribution in [2.45, 2.75) is 19.9 Å². The summed E-state index contributed by atoms with van der Waals surface area (Å²) in [5.74, 6) is 0.435. The standard InChI is InChI=1S/C24H27ClN8O/c1-15(2)32-6-8-33(9-7-32)23(34)20-11-16-10-17(12-18(25)22(16)29-20)28-24-26-5-4-19(30-24)21-13-31(3)14-27-21/h4-5,10-15,29H,6-9H2,1-3H3,(H,26,28,30). The summed E-state index contributed by atoms with van der Waals surface area (Å²) >= 11 is 6.56. The highest BCUT2D eigenvalue weighted by atomic mass is 35.5. The Kier molecular flexibility index (Phi) is 5.97. The van der Waals surface area contributed by atoms with Crippen LogP contribution < -0.4 is 5.32 Å². The average molecular weight is 479 g/mol. The smallest absolute Gasteiger partial charge is 0.270 e. The molecule has 0 radical (unpaired) electrons. The number of hydrogen-bond acceptors (Lipinski definition) is 6. The van der Waals surface area contributed by atoms with Gasteiger partial charge in [-0.05, 0) is 38.1 Å². The van der Waals surface area contributed by atoms with Gasteiger partial charge in [0.25, 0.3) is 5.91 Å². The molecule has 1 amide bonds. The van der Waals surface area contributed by atoms with Crippen molar-refractivity contribution in [2.75, 3.05) is 31.5 Å². The van der Waals surface area contributed by atoms with Crippen LogP contribution in [0, 0.1) is 0 Å². The fraction of sp³-hybridized carbons (Fsp3) is 0.333. The summed E-state index contributed by atoms with van der Waals surface area (Å²) in [5, 5.41) is 4.58. The number of H-pyrrole nitrogens is 1. The van der Waals surface area contributed by atoms with Crippen LogP contribution in [-0.2, 0) is 7.05 Å². The zero-order chi connectivity index (χ0) is 23.8. The quantitative estimate of drug-likeness (QED) is 0.451. The zero-order valence-corrected chi connectivity index (χ0v) is 20.2. The average Bonchev–Trinajstić information content (AvgIpc) is 3.45. The lowest BCUT2D eigenvalue weighted by molar-refractivity contribution is 0.0591. The number of amides is 1. The van der Waals surface area contributed by atoms with Gasteiger partial charge in [-0.2, -0.15) is 0 Å². The molecule has 1 aliphatic heterocycles. The number of nitrogens with zero attached hydrogens (tertiary/aromatic N) is 6. The summed E-state index contributed by atoms with van der Waals surface area (Å²) in [6, 6.07) is 7.89. The van der Waals surface area contributed by atoms with E-state index in [1.165, 1.54) is 0 Å². The number of piperazine rings is 1. The lowest BCUT2D eigenvalue weighted by atomic mass is 10.2. The minimum atomic E-state index is -0.00317. The molecule has 0 saturated carbocycles. The molecule has 0 aliphatic carbocycles. The number of benzene rings is 1. The van der Waals surface area contributed by atoms with Gasteiger partial charge in [0.15, 0.2) is 0 Å². The fourth-order valence-corrected chi connectivity index (χ4v) is 4.51. The van der Waals surface area contributed by atoms with E-state index < -0.39 is 0 Å². The van der Waals surface area contributed by atoms with Gasteiger partial charge in [0, 0.05) is 62.7 Å². The number of fused-ring (bicyclic) bond motifs is 1. The normalized spacial score (nSPS) is 14.8. The van der Waals surface area contributed by atoms with E-state index in [-0.39, 0.29) is 5.91 Å². The van der Waals surface area contributed by atoms with Crippen LogP contribution >= 0.6 is 11.6 Å². The molecule has 0 bridgehead atoms. The number of aryl methyl sites for hydroxylation is 1. The second-order valence-electron chi connectivity index (χ2n) is 8.84. The van der Waals surface area contributed by atoms with Gasteiger partial charge in [-0.25, -0.2) is 15.0 Å². The summed E-state index contributed by atoms with van der Waals surface area (Å²) in [5.41, 5.74) is 3.50. The molecule has 34 heavy (non-hydrogen) atoms. The Bertz CT molecular complexity index is 1340. The predicted octanol–water partition coefficient (Wildman–Crippen LogP) is 3.92. The largest absolute Gasteiger partial charge is 0.349 e. The third-order valence-electron chi connectivity index (χ3n) is 6.12. The third-order valence-corrected chi connectivity index (χ3v) is 6.42. The maximum atomic E-state index is 13.1. The van der Waals surface area contributed by atoms with Crippen molar-refractivity contribution in [1.29, 1.82) is 0 Å². The highest BCUT2D eigenvalue weighted by Crippen LogP contribution is 2.30. The fourth-order valence-electron chi connectivity index (χ4n) is 4.23. The van der Waals surface area contributed by atoms with Crippen LogP contribution in [-0.4, -0.2) is 72.4 Å². The van der Waals surface area contributed by atoms with Crippen molar-refractivity contribution in [1.82, 2.24) is 34.3 Å². The molecule has 2 N–H and O–H groups in total. The molecule has 4 heterocycles. The minimum absolute atomic E-state index is 0.00317. The van der Waals surface area contributed by atoms with Crippen molar-refractivity contribution in [3.05, 3.63) is 53.7 Å². The Morgan fingerprint density at radius 2 is 1.91 bits per heavy atom. The third kappa shape index (κ3) is 4.49. The monoisotopic (exact) mass is 478 g/mol. The molecule has 0 spiro atoms.